The molecule has 1 amide bonds. The Hall–Kier alpha value is -0.750. The lowest BCUT2D eigenvalue weighted by molar-refractivity contribution is -0.152. The molecule has 94 valence electrons. The Morgan fingerprint density at radius 3 is 2.75 bits per heavy atom. The quantitative estimate of drug-likeness (QED) is 0.760. The molecule has 0 bridgehead atoms. The molecule has 0 radical (unpaired) electrons. The van der Waals surface area contributed by atoms with E-state index in [1.165, 1.54) is 0 Å². The van der Waals surface area contributed by atoms with Crippen LogP contribution in [-0.4, -0.2) is 49.1 Å². The fourth-order valence-electron chi connectivity index (χ4n) is 1.88. The molecule has 6 heteroatoms. The number of amides is 1. The average Bonchev–Trinajstić information content (AvgIpc) is 2.64. The van der Waals surface area contributed by atoms with Crippen LogP contribution in [0.4, 0.5) is 8.78 Å². The normalized spacial score (nSPS) is 25.1. The molecule has 1 fully saturated rings. The molecule has 1 aliphatic rings. The molecule has 0 aromatic carbocycles. The summed E-state index contributed by atoms with van der Waals surface area (Å²) in [6.07, 6.45) is -1.18. The van der Waals surface area contributed by atoms with E-state index in [2.05, 4.69) is 0 Å². The molecule has 4 nitrogen and oxygen atoms in total. The largest absolute Gasteiger partial charge is 0.365 e. The number of nitrogens with two attached hydrogens (primary N) is 1. The average molecular weight is 236 g/mol. The second-order valence-corrected chi connectivity index (χ2v) is 4.11. The van der Waals surface area contributed by atoms with Crippen molar-refractivity contribution in [2.24, 2.45) is 5.73 Å². The molecule has 2 N–H and O–H groups in total. The van der Waals surface area contributed by atoms with Gasteiger partial charge in [-0.2, -0.15) is 0 Å². The molecule has 0 spiro atoms. The topological polar surface area (TPSA) is 55.6 Å². The number of hydrogen-bond acceptors (Lipinski definition) is 3. The van der Waals surface area contributed by atoms with Gasteiger partial charge in [0.25, 0.3) is 12.3 Å². The first-order chi connectivity index (χ1) is 7.49. The third-order valence-electron chi connectivity index (χ3n) is 2.72. The van der Waals surface area contributed by atoms with Gasteiger partial charge in [-0.05, 0) is 19.8 Å². The highest BCUT2D eigenvalue weighted by Gasteiger charge is 2.40. The molecular formula is C10H18F2N2O2. The Balaban J connectivity index is 2.65. The second-order valence-electron chi connectivity index (χ2n) is 4.11. The van der Waals surface area contributed by atoms with Crippen LogP contribution in [0, 0.1) is 0 Å². The predicted molar refractivity (Wildman–Crippen MR) is 55.2 cm³/mol. The van der Waals surface area contributed by atoms with E-state index < -0.39 is 18.6 Å². The summed E-state index contributed by atoms with van der Waals surface area (Å²) in [5, 5.41) is 0. The van der Waals surface area contributed by atoms with Crippen molar-refractivity contribution in [2.75, 3.05) is 26.2 Å². The number of nitrogens with zero attached hydrogens (tertiary/aromatic N) is 1. The van der Waals surface area contributed by atoms with Crippen LogP contribution in [0.15, 0.2) is 0 Å². The van der Waals surface area contributed by atoms with E-state index in [0.29, 0.717) is 13.0 Å². The van der Waals surface area contributed by atoms with Gasteiger partial charge in [0.05, 0.1) is 6.54 Å². The molecule has 1 aliphatic heterocycles. The van der Waals surface area contributed by atoms with E-state index in [4.69, 9.17) is 10.5 Å². The Morgan fingerprint density at radius 1 is 1.62 bits per heavy atom. The van der Waals surface area contributed by atoms with Crippen LogP contribution in [0.5, 0.6) is 0 Å². The number of carbonyl (C=O) groups excluding carboxylic acids is 1. The van der Waals surface area contributed by atoms with E-state index in [-0.39, 0.29) is 19.0 Å². The van der Waals surface area contributed by atoms with Crippen molar-refractivity contribution in [1.82, 2.24) is 4.90 Å². The standard InChI is InChI=1S/C10H18F2N2O2/c1-10(3-2-6-16-10)9(15)14(5-4-13)7-8(11)12/h8H,2-7,13H2,1H3. The zero-order valence-electron chi connectivity index (χ0n) is 9.42. The number of rotatable bonds is 5. The number of ether oxygens (including phenoxy) is 1. The van der Waals surface area contributed by atoms with Gasteiger partial charge in [0.2, 0.25) is 0 Å². The van der Waals surface area contributed by atoms with E-state index in [9.17, 15) is 13.6 Å². The highest BCUT2D eigenvalue weighted by atomic mass is 19.3. The molecule has 0 aliphatic carbocycles. The van der Waals surface area contributed by atoms with Crippen molar-refractivity contribution in [3.05, 3.63) is 0 Å². The smallest absolute Gasteiger partial charge is 0.255 e. The molecule has 1 atom stereocenters. The predicted octanol–water partition coefficient (Wildman–Crippen LogP) is 0.608. The van der Waals surface area contributed by atoms with Gasteiger partial charge in [0.1, 0.15) is 5.60 Å². The summed E-state index contributed by atoms with van der Waals surface area (Å²) in [5.41, 5.74) is 4.36. The molecule has 0 aromatic heterocycles. The summed E-state index contributed by atoms with van der Waals surface area (Å²) in [6, 6.07) is 0. The maximum atomic E-state index is 12.3. The van der Waals surface area contributed by atoms with Crippen molar-refractivity contribution in [3.8, 4) is 0 Å². The van der Waals surface area contributed by atoms with Crippen molar-refractivity contribution >= 4 is 5.91 Å². The van der Waals surface area contributed by atoms with Crippen LogP contribution in [0.1, 0.15) is 19.8 Å². The number of halogens is 2. The summed E-state index contributed by atoms with van der Waals surface area (Å²) in [4.78, 5) is 13.1. The molecular weight excluding hydrogens is 218 g/mol. The van der Waals surface area contributed by atoms with Crippen molar-refractivity contribution in [2.45, 2.75) is 31.8 Å². The molecule has 1 heterocycles. The van der Waals surface area contributed by atoms with E-state index in [1.54, 1.807) is 6.92 Å². The summed E-state index contributed by atoms with van der Waals surface area (Å²) >= 11 is 0. The number of hydrogen-bond donors (Lipinski definition) is 1. The minimum absolute atomic E-state index is 0.141. The molecule has 1 unspecified atom stereocenters. The highest BCUT2D eigenvalue weighted by molar-refractivity contribution is 5.85. The van der Waals surface area contributed by atoms with Crippen molar-refractivity contribution < 1.29 is 18.3 Å². The first-order valence-corrected chi connectivity index (χ1v) is 5.41. The van der Waals surface area contributed by atoms with Gasteiger partial charge in [-0.25, -0.2) is 8.78 Å². The minimum Gasteiger partial charge on any atom is -0.365 e. The van der Waals surface area contributed by atoms with Gasteiger partial charge in [-0.15, -0.1) is 0 Å². The van der Waals surface area contributed by atoms with Gasteiger partial charge in [-0.1, -0.05) is 0 Å². The summed E-state index contributed by atoms with van der Waals surface area (Å²) in [6.45, 7) is 1.90. The second kappa shape index (κ2) is 5.54. The lowest BCUT2D eigenvalue weighted by Crippen LogP contribution is -2.49. The Bertz CT molecular complexity index is 243. The summed E-state index contributed by atoms with van der Waals surface area (Å²) in [7, 11) is 0. The SMILES string of the molecule is CC1(C(=O)N(CCN)CC(F)F)CCCO1. The fourth-order valence-corrected chi connectivity index (χ4v) is 1.88. The van der Waals surface area contributed by atoms with Crippen LogP contribution < -0.4 is 5.73 Å². The van der Waals surface area contributed by atoms with Crippen LogP contribution in [0.3, 0.4) is 0 Å². The Kier molecular flexibility index (Phi) is 4.61. The van der Waals surface area contributed by atoms with Crippen LogP contribution >= 0.6 is 0 Å². The van der Waals surface area contributed by atoms with Crippen LogP contribution in [0.2, 0.25) is 0 Å². The van der Waals surface area contributed by atoms with Gasteiger partial charge in [0.15, 0.2) is 0 Å². The highest BCUT2D eigenvalue weighted by Crippen LogP contribution is 2.27. The molecule has 16 heavy (non-hydrogen) atoms. The lowest BCUT2D eigenvalue weighted by Gasteiger charge is -2.30. The number of carbonyl (C=O) groups is 1. The van der Waals surface area contributed by atoms with Crippen molar-refractivity contribution in [3.63, 3.8) is 0 Å². The summed E-state index contributed by atoms with van der Waals surface area (Å²) < 4.78 is 29.9. The van der Waals surface area contributed by atoms with Gasteiger partial charge < -0.3 is 15.4 Å². The molecule has 0 aromatic rings. The van der Waals surface area contributed by atoms with Crippen LogP contribution in [0.25, 0.3) is 0 Å². The third-order valence-corrected chi connectivity index (χ3v) is 2.72. The van der Waals surface area contributed by atoms with Crippen molar-refractivity contribution in [1.29, 1.82) is 0 Å². The third kappa shape index (κ3) is 3.12. The maximum Gasteiger partial charge on any atom is 0.255 e. The fraction of sp³-hybridized carbons (Fsp3) is 0.900. The van der Waals surface area contributed by atoms with Gasteiger partial charge in [0, 0.05) is 19.7 Å². The van der Waals surface area contributed by atoms with Crippen LogP contribution in [-0.2, 0) is 9.53 Å². The summed E-state index contributed by atoms with van der Waals surface area (Å²) in [5.74, 6) is -0.379. The molecule has 1 rings (SSSR count). The Labute approximate surface area is 93.7 Å². The minimum atomic E-state index is -2.54. The molecule has 1 saturated heterocycles. The van der Waals surface area contributed by atoms with E-state index >= 15 is 0 Å². The van der Waals surface area contributed by atoms with E-state index in [1.807, 2.05) is 0 Å². The monoisotopic (exact) mass is 236 g/mol. The molecule has 0 saturated carbocycles. The zero-order chi connectivity index (χ0) is 12.2. The van der Waals surface area contributed by atoms with Gasteiger partial charge in [-0.3, -0.25) is 4.79 Å². The van der Waals surface area contributed by atoms with Gasteiger partial charge >= 0.3 is 0 Å². The number of alkyl halides is 2. The maximum absolute atomic E-state index is 12.3. The Morgan fingerprint density at radius 2 is 2.31 bits per heavy atom. The first-order valence-electron chi connectivity index (χ1n) is 5.41. The van der Waals surface area contributed by atoms with E-state index in [0.717, 1.165) is 11.3 Å². The lowest BCUT2D eigenvalue weighted by atomic mass is 10.0. The zero-order valence-corrected chi connectivity index (χ0v) is 9.42. The first kappa shape index (κ1) is 13.3.